The predicted molar refractivity (Wildman–Crippen MR) is 83.8 cm³/mol. The fraction of sp³-hybridized carbons (Fsp3) is 0.278. The van der Waals surface area contributed by atoms with Crippen LogP contribution in [0.1, 0.15) is 19.3 Å². The zero-order valence-electron chi connectivity index (χ0n) is 11.8. The lowest BCUT2D eigenvalue weighted by molar-refractivity contribution is -0.122. The van der Waals surface area contributed by atoms with Gasteiger partial charge in [0.2, 0.25) is 5.91 Å². The summed E-state index contributed by atoms with van der Waals surface area (Å²) in [6, 6.07) is 14.4. The van der Waals surface area contributed by atoms with Crippen molar-refractivity contribution >= 4 is 22.4 Å². The maximum atomic E-state index is 12.5. The molecule has 0 fully saturated rings. The van der Waals surface area contributed by atoms with Gasteiger partial charge in [-0.2, -0.15) is 0 Å². The number of nitrogens with zero attached hydrogens (tertiary/aromatic N) is 1. The zero-order valence-corrected chi connectivity index (χ0v) is 11.8. The summed E-state index contributed by atoms with van der Waals surface area (Å²) in [6.07, 6.45) is 7.14. The molecule has 0 spiro atoms. The van der Waals surface area contributed by atoms with Gasteiger partial charge >= 0.3 is 0 Å². The molecule has 0 aromatic heterocycles. The summed E-state index contributed by atoms with van der Waals surface area (Å²) in [7, 11) is 1.88. The lowest BCUT2D eigenvalue weighted by atomic mass is 9.93. The van der Waals surface area contributed by atoms with Gasteiger partial charge in [0.05, 0.1) is 0 Å². The summed E-state index contributed by atoms with van der Waals surface area (Å²) in [4.78, 5) is 14.3. The van der Waals surface area contributed by atoms with Gasteiger partial charge in [-0.15, -0.1) is 0 Å². The minimum Gasteiger partial charge on any atom is -0.315 e. The first-order valence-electron chi connectivity index (χ1n) is 7.17. The predicted octanol–water partition coefficient (Wildman–Crippen LogP) is 4.16. The quantitative estimate of drug-likeness (QED) is 0.747. The number of carbonyl (C=O) groups excluding carboxylic acids is 1. The van der Waals surface area contributed by atoms with E-state index in [1.54, 1.807) is 4.90 Å². The van der Waals surface area contributed by atoms with Crippen LogP contribution in [0.3, 0.4) is 0 Å². The number of rotatable bonds is 2. The first-order chi connectivity index (χ1) is 9.75. The van der Waals surface area contributed by atoms with Crippen molar-refractivity contribution in [1.82, 2.24) is 0 Å². The topological polar surface area (TPSA) is 20.3 Å². The zero-order chi connectivity index (χ0) is 13.9. The van der Waals surface area contributed by atoms with Crippen LogP contribution in [0.2, 0.25) is 0 Å². The van der Waals surface area contributed by atoms with Crippen molar-refractivity contribution in [3.05, 3.63) is 54.6 Å². The third kappa shape index (κ3) is 2.46. The van der Waals surface area contributed by atoms with E-state index < -0.39 is 0 Å². The van der Waals surface area contributed by atoms with Crippen LogP contribution in [0, 0.1) is 5.92 Å². The molecular formula is C18H19NO. The standard InChI is InChI=1S/C18H19NO/c1-19(18(20)15-8-3-2-4-9-15)17-12-11-14-7-5-6-10-16(14)13-17/h2-3,5-7,10-13,15H,4,8-9H2,1H3. The maximum Gasteiger partial charge on any atom is 0.230 e. The molecule has 0 N–H and O–H groups in total. The summed E-state index contributed by atoms with van der Waals surface area (Å²) >= 11 is 0. The van der Waals surface area contributed by atoms with E-state index in [2.05, 4.69) is 36.4 Å². The lowest BCUT2D eigenvalue weighted by Crippen LogP contribution is -2.33. The third-order valence-electron chi connectivity index (χ3n) is 4.07. The lowest BCUT2D eigenvalue weighted by Gasteiger charge is -2.24. The van der Waals surface area contributed by atoms with Gasteiger partial charge in [0, 0.05) is 18.7 Å². The summed E-state index contributed by atoms with van der Waals surface area (Å²) in [5.41, 5.74) is 0.975. The third-order valence-corrected chi connectivity index (χ3v) is 4.07. The molecule has 2 nitrogen and oxygen atoms in total. The van der Waals surface area contributed by atoms with Crippen LogP contribution in [0.5, 0.6) is 0 Å². The SMILES string of the molecule is CN(C(=O)C1CC=CCC1)c1ccc2ccccc2c1. The van der Waals surface area contributed by atoms with Crippen molar-refractivity contribution in [1.29, 1.82) is 0 Å². The van der Waals surface area contributed by atoms with Gasteiger partial charge in [0.15, 0.2) is 0 Å². The molecule has 1 amide bonds. The van der Waals surface area contributed by atoms with E-state index in [1.165, 1.54) is 10.8 Å². The number of amides is 1. The summed E-state index contributed by atoms with van der Waals surface area (Å²) in [6.45, 7) is 0. The summed E-state index contributed by atoms with van der Waals surface area (Å²) in [5.74, 6) is 0.362. The highest BCUT2D eigenvalue weighted by Crippen LogP contribution is 2.25. The van der Waals surface area contributed by atoms with E-state index in [1.807, 2.05) is 25.2 Å². The Morgan fingerprint density at radius 1 is 1.10 bits per heavy atom. The van der Waals surface area contributed by atoms with Crippen molar-refractivity contribution < 1.29 is 4.79 Å². The molecule has 1 aliphatic rings. The number of fused-ring (bicyclic) bond motifs is 1. The Morgan fingerprint density at radius 2 is 1.90 bits per heavy atom. The molecule has 1 atom stereocenters. The van der Waals surface area contributed by atoms with Gasteiger partial charge in [-0.1, -0.05) is 42.5 Å². The Balaban J connectivity index is 1.85. The fourth-order valence-corrected chi connectivity index (χ4v) is 2.80. The Labute approximate surface area is 119 Å². The molecule has 0 heterocycles. The fourth-order valence-electron chi connectivity index (χ4n) is 2.80. The maximum absolute atomic E-state index is 12.5. The van der Waals surface area contributed by atoms with E-state index in [-0.39, 0.29) is 11.8 Å². The molecule has 1 aliphatic carbocycles. The average molecular weight is 265 g/mol. The van der Waals surface area contributed by atoms with E-state index in [0.717, 1.165) is 24.9 Å². The first kappa shape index (κ1) is 12.9. The van der Waals surface area contributed by atoms with Crippen molar-refractivity contribution in [2.45, 2.75) is 19.3 Å². The van der Waals surface area contributed by atoms with Crippen LogP contribution < -0.4 is 4.90 Å². The smallest absolute Gasteiger partial charge is 0.230 e. The van der Waals surface area contributed by atoms with Crippen LogP contribution in [-0.2, 0) is 4.79 Å². The Hall–Kier alpha value is -2.09. The Morgan fingerprint density at radius 3 is 2.65 bits per heavy atom. The highest BCUT2D eigenvalue weighted by atomic mass is 16.2. The van der Waals surface area contributed by atoms with Crippen LogP contribution in [0.25, 0.3) is 10.8 Å². The van der Waals surface area contributed by atoms with Gasteiger partial charge < -0.3 is 4.90 Å². The number of hydrogen-bond donors (Lipinski definition) is 0. The van der Waals surface area contributed by atoms with E-state index in [4.69, 9.17) is 0 Å². The highest BCUT2D eigenvalue weighted by Gasteiger charge is 2.22. The Bertz CT molecular complexity index is 659. The largest absolute Gasteiger partial charge is 0.315 e. The van der Waals surface area contributed by atoms with Crippen LogP contribution in [-0.4, -0.2) is 13.0 Å². The minimum absolute atomic E-state index is 0.136. The number of anilines is 1. The molecule has 0 saturated heterocycles. The van der Waals surface area contributed by atoms with Gasteiger partial charge in [-0.05, 0) is 42.2 Å². The Kier molecular flexibility index (Phi) is 3.55. The molecule has 0 radical (unpaired) electrons. The molecule has 2 heteroatoms. The monoisotopic (exact) mass is 265 g/mol. The van der Waals surface area contributed by atoms with Crippen molar-refractivity contribution in [3.8, 4) is 0 Å². The van der Waals surface area contributed by atoms with Gasteiger partial charge in [0.25, 0.3) is 0 Å². The number of carbonyl (C=O) groups is 1. The second-order valence-corrected chi connectivity index (χ2v) is 5.41. The normalized spacial score (nSPS) is 18.1. The number of benzene rings is 2. The van der Waals surface area contributed by atoms with Crippen molar-refractivity contribution in [3.63, 3.8) is 0 Å². The molecule has 0 saturated carbocycles. The van der Waals surface area contributed by atoms with E-state index in [0.29, 0.717) is 0 Å². The second-order valence-electron chi connectivity index (χ2n) is 5.41. The van der Waals surface area contributed by atoms with Crippen LogP contribution >= 0.6 is 0 Å². The molecule has 1 unspecified atom stereocenters. The highest BCUT2D eigenvalue weighted by molar-refractivity contribution is 5.97. The molecule has 2 aromatic rings. The molecule has 20 heavy (non-hydrogen) atoms. The summed E-state index contributed by atoms with van der Waals surface area (Å²) < 4.78 is 0. The molecule has 3 rings (SSSR count). The van der Waals surface area contributed by atoms with Gasteiger partial charge in [0.1, 0.15) is 0 Å². The molecule has 102 valence electrons. The first-order valence-corrected chi connectivity index (χ1v) is 7.17. The molecule has 0 bridgehead atoms. The van der Waals surface area contributed by atoms with Crippen molar-refractivity contribution in [2.24, 2.45) is 5.92 Å². The second kappa shape index (κ2) is 5.49. The summed E-state index contributed by atoms with van der Waals surface area (Å²) in [5, 5.41) is 2.38. The van der Waals surface area contributed by atoms with E-state index in [9.17, 15) is 4.79 Å². The van der Waals surface area contributed by atoms with Crippen molar-refractivity contribution in [2.75, 3.05) is 11.9 Å². The van der Waals surface area contributed by atoms with Gasteiger partial charge in [-0.3, -0.25) is 4.79 Å². The average Bonchev–Trinajstić information content (AvgIpc) is 2.54. The number of hydrogen-bond acceptors (Lipinski definition) is 1. The van der Waals surface area contributed by atoms with Crippen LogP contribution in [0.15, 0.2) is 54.6 Å². The minimum atomic E-state index is 0.136. The molecule has 0 aliphatic heterocycles. The molecule has 2 aromatic carbocycles. The van der Waals surface area contributed by atoms with Crippen LogP contribution in [0.4, 0.5) is 5.69 Å². The molecular weight excluding hydrogens is 246 g/mol. The van der Waals surface area contributed by atoms with E-state index >= 15 is 0 Å². The number of allylic oxidation sites excluding steroid dienone is 2. The van der Waals surface area contributed by atoms with Gasteiger partial charge in [-0.25, -0.2) is 0 Å².